The van der Waals surface area contributed by atoms with E-state index in [2.05, 4.69) is 34.9 Å². The number of nitrogens with zero attached hydrogens (tertiary/aromatic N) is 2. The molecule has 2 aliphatic rings. The quantitative estimate of drug-likeness (QED) is 0.107. The van der Waals surface area contributed by atoms with Gasteiger partial charge in [-0.15, -0.1) is 0 Å². The topological polar surface area (TPSA) is 160 Å². The molecule has 4 aromatic carbocycles. The van der Waals surface area contributed by atoms with E-state index in [1.165, 1.54) is 95.2 Å². The van der Waals surface area contributed by atoms with Crippen molar-refractivity contribution < 1.29 is 38.7 Å². The van der Waals surface area contributed by atoms with E-state index in [0.717, 1.165) is 26.4 Å². The van der Waals surface area contributed by atoms with Crippen molar-refractivity contribution in [1.29, 1.82) is 0 Å². The molecule has 14 heteroatoms. The fourth-order valence-electron chi connectivity index (χ4n) is 4.15. The molecule has 0 saturated carbocycles. The van der Waals surface area contributed by atoms with Gasteiger partial charge in [0.05, 0.1) is 26.6 Å². The van der Waals surface area contributed by atoms with Gasteiger partial charge in [-0.05, 0) is 98.5 Å². The van der Waals surface area contributed by atoms with Crippen molar-refractivity contribution in [2.24, 2.45) is 10.2 Å². The van der Waals surface area contributed by atoms with Crippen LogP contribution in [0.2, 0.25) is 8.35 Å². The van der Waals surface area contributed by atoms with Gasteiger partial charge in [-0.2, -0.15) is 10.2 Å². The van der Waals surface area contributed by atoms with E-state index in [0.29, 0.717) is 33.8 Å². The molecule has 4 radical (unpaired) electrons. The normalized spacial score (nSPS) is 12.4. The number of carbonyl (C=O) groups excluding carboxylic acids is 2. The Hall–Kier alpha value is -3.98. The Morgan fingerprint density at radius 2 is 0.911 bits per heavy atom. The Balaban J connectivity index is 0.000000403. The zero-order chi connectivity index (χ0) is 41.2. The molecular formula is C42H54In2N4O8. The van der Waals surface area contributed by atoms with E-state index in [4.69, 9.17) is 18.9 Å². The number of carbonyl (C=O) groups is 2. The van der Waals surface area contributed by atoms with E-state index < -0.39 is 0 Å². The van der Waals surface area contributed by atoms with Crippen LogP contribution in [0.5, 0.6) is 23.0 Å². The van der Waals surface area contributed by atoms with E-state index in [1.807, 2.05) is 0 Å². The van der Waals surface area contributed by atoms with Crippen LogP contribution in [0.1, 0.15) is 71.4 Å². The Kier molecular flexibility index (Phi) is 29.7. The van der Waals surface area contributed by atoms with Gasteiger partial charge in [-0.1, -0.05) is 24.3 Å². The summed E-state index contributed by atoms with van der Waals surface area (Å²) in [5.41, 5.74) is 6.79. The fraction of sp³-hybridized carbons (Fsp3) is 0.333. The van der Waals surface area contributed by atoms with Crippen LogP contribution in [0, 0.1) is 0 Å². The van der Waals surface area contributed by atoms with Gasteiger partial charge in [0, 0.05) is 48.7 Å². The van der Waals surface area contributed by atoms with Crippen molar-refractivity contribution in [3.63, 3.8) is 0 Å². The number of ether oxygens (including phenoxy) is 4. The van der Waals surface area contributed by atoms with Crippen LogP contribution in [0.25, 0.3) is 0 Å². The molecule has 2 amide bonds. The second-order valence-electron chi connectivity index (χ2n) is 11.4. The first-order chi connectivity index (χ1) is 27.2. The summed E-state index contributed by atoms with van der Waals surface area (Å²) in [6, 6.07) is 26.8. The van der Waals surface area contributed by atoms with Gasteiger partial charge in [0.1, 0.15) is 23.0 Å². The van der Waals surface area contributed by atoms with Crippen LogP contribution < -0.4 is 20.3 Å². The van der Waals surface area contributed by atoms with Crippen LogP contribution in [-0.2, 0) is 9.47 Å². The zero-order valence-electron chi connectivity index (χ0n) is 32.9. The summed E-state index contributed by atoms with van der Waals surface area (Å²) in [6.45, 7) is 8.37. The first-order valence-electron chi connectivity index (χ1n) is 18.3. The van der Waals surface area contributed by atoms with Gasteiger partial charge in [0.15, 0.2) is 0 Å². The van der Waals surface area contributed by atoms with Gasteiger partial charge < -0.3 is 29.2 Å². The molecule has 0 aromatic heterocycles. The van der Waals surface area contributed by atoms with Gasteiger partial charge in [0.25, 0.3) is 11.8 Å². The summed E-state index contributed by atoms with van der Waals surface area (Å²) >= 11 is 2.83. The maximum atomic E-state index is 11.8. The van der Waals surface area contributed by atoms with Crippen LogP contribution in [0.4, 0.5) is 0 Å². The standard InChI is InChI=1S/2C15H14N2O3.2C4H8O.2C2H5.2In/c2*1-20-13-8-6-11(7-9-13)15(19)17-16-10-12-4-2-3-5-14(12)18;2*1-2-4-5-3-1;2*1-2;;/h2*2-10,18H,1H3,(H,17,19);2*1-4H2;2*1H2,2H3;;/b2*16-10+;;;;;;. The van der Waals surface area contributed by atoms with Gasteiger partial charge in [-0.25, -0.2) is 10.9 Å². The molecule has 4 aromatic rings. The Bertz CT molecular complexity index is 1540. The van der Waals surface area contributed by atoms with E-state index in [9.17, 15) is 19.8 Å². The molecular weight excluding hydrogens is 918 g/mol. The molecule has 2 aliphatic heterocycles. The summed E-state index contributed by atoms with van der Waals surface area (Å²) in [4.78, 5) is 23.6. The van der Waals surface area contributed by atoms with Crippen molar-refractivity contribution in [1.82, 2.24) is 10.9 Å². The van der Waals surface area contributed by atoms with Crippen molar-refractivity contribution in [2.75, 3.05) is 40.6 Å². The number of para-hydroxylation sites is 2. The molecule has 2 saturated heterocycles. The first kappa shape index (κ1) is 50.0. The van der Waals surface area contributed by atoms with Crippen molar-refractivity contribution >= 4 is 73.0 Å². The van der Waals surface area contributed by atoms with Crippen molar-refractivity contribution in [3.05, 3.63) is 119 Å². The Morgan fingerprint density at radius 1 is 0.607 bits per heavy atom. The van der Waals surface area contributed by atoms with Gasteiger partial charge >= 0.3 is 71.0 Å². The number of aromatic hydroxyl groups is 2. The number of hydrogen-bond acceptors (Lipinski definition) is 10. The Morgan fingerprint density at radius 3 is 1.16 bits per heavy atom. The zero-order valence-corrected chi connectivity index (χ0v) is 39.4. The van der Waals surface area contributed by atoms with E-state index in [-0.39, 0.29) is 23.3 Å². The Labute approximate surface area is 361 Å². The summed E-state index contributed by atoms with van der Waals surface area (Å²) in [5.74, 6) is 0.905. The molecule has 2 fully saturated rings. The average molecular weight is 973 g/mol. The van der Waals surface area contributed by atoms with E-state index >= 15 is 0 Å². The minimum atomic E-state index is -0.334. The van der Waals surface area contributed by atoms with Crippen LogP contribution in [0.15, 0.2) is 107 Å². The van der Waals surface area contributed by atoms with Crippen LogP contribution in [-0.4, -0.2) is 124 Å². The van der Waals surface area contributed by atoms with Crippen LogP contribution in [0.3, 0.4) is 0 Å². The number of phenolic OH excluding ortho intramolecular Hbond substituents is 2. The fourth-order valence-corrected chi connectivity index (χ4v) is 4.15. The number of hydrazone groups is 2. The summed E-state index contributed by atoms with van der Waals surface area (Å²) in [5, 5.41) is 26.7. The molecule has 0 spiro atoms. The third-order valence-electron chi connectivity index (χ3n) is 6.97. The predicted molar refractivity (Wildman–Crippen MR) is 225 cm³/mol. The molecule has 2 heterocycles. The number of amides is 2. The number of phenols is 2. The third-order valence-corrected chi connectivity index (χ3v) is 6.97. The van der Waals surface area contributed by atoms with Crippen molar-refractivity contribution in [3.8, 4) is 23.0 Å². The molecule has 56 heavy (non-hydrogen) atoms. The molecule has 12 nitrogen and oxygen atoms in total. The molecule has 0 atom stereocenters. The SMILES string of the molecule is C1CCOC1.C1CCOC1.COc1ccc(C(=O)N/N=C/c2ccccc2O)cc1.COc1ccc(C(=O)N/N=C/c2ccccc2O)cc1.C[CH2][In].C[CH2][In]. The molecule has 0 bridgehead atoms. The number of benzene rings is 4. The second kappa shape index (κ2) is 33.2. The van der Waals surface area contributed by atoms with Crippen molar-refractivity contribution in [2.45, 2.75) is 47.9 Å². The molecule has 4 N–H and O–H groups in total. The number of nitrogens with one attached hydrogen (secondary N) is 2. The summed E-state index contributed by atoms with van der Waals surface area (Å²) in [6.07, 6.45) is 7.88. The molecule has 296 valence electrons. The third kappa shape index (κ3) is 23.2. The van der Waals surface area contributed by atoms with Gasteiger partial charge in [-0.3, -0.25) is 9.59 Å². The predicted octanol–water partition coefficient (Wildman–Crippen LogP) is 7.11. The van der Waals surface area contributed by atoms with Crippen LogP contribution >= 0.6 is 0 Å². The second-order valence-corrected chi connectivity index (χ2v) is 16.1. The summed E-state index contributed by atoms with van der Waals surface area (Å²) < 4.78 is 22.7. The molecule has 0 unspecified atom stereocenters. The van der Waals surface area contributed by atoms with Gasteiger partial charge in [0.2, 0.25) is 0 Å². The molecule has 6 rings (SSSR count). The number of hydrogen-bond donors (Lipinski definition) is 4. The van der Waals surface area contributed by atoms with E-state index in [1.54, 1.807) is 111 Å². The monoisotopic (exact) mass is 972 g/mol. The minimum absolute atomic E-state index is 0.106. The maximum absolute atomic E-state index is 11.8. The first-order valence-corrected chi connectivity index (χ1v) is 23.0. The number of methoxy groups -OCH3 is 2. The summed E-state index contributed by atoms with van der Waals surface area (Å²) in [7, 11) is 3.12. The number of rotatable bonds is 8. The average Bonchev–Trinajstić information content (AvgIpc) is 4.02. The molecule has 0 aliphatic carbocycles.